The van der Waals surface area contributed by atoms with Crippen LogP contribution in [-0.4, -0.2) is 23.9 Å². The van der Waals surface area contributed by atoms with E-state index in [1.807, 2.05) is 36.4 Å². The first-order chi connectivity index (χ1) is 10.6. The summed E-state index contributed by atoms with van der Waals surface area (Å²) in [5.74, 6) is -1.90. The Morgan fingerprint density at radius 1 is 1.05 bits per heavy atom. The molecule has 2 aromatic rings. The van der Waals surface area contributed by atoms with E-state index in [2.05, 4.69) is 0 Å². The predicted molar refractivity (Wildman–Crippen MR) is 81.3 cm³/mol. The molecule has 0 bridgehead atoms. The molecular weight excluding hydrogens is 284 g/mol. The summed E-state index contributed by atoms with van der Waals surface area (Å²) in [7, 11) is 0. The molecule has 1 aliphatic heterocycles. The lowest BCUT2D eigenvalue weighted by Gasteiger charge is -2.27. The van der Waals surface area contributed by atoms with Gasteiger partial charge in [0.05, 0.1) is 5.56 Å². The zero-order valence-electron chi connectivity index (χ0n) is 11.9. The lowest BCUT2D eigenvalue weighted by Crippen LogP contribution is -2.35. The van der Waals surface area contributed by atoms with E-state index in [1.165, 1.54) is 11.6 Å². The molecule has 0 radical (unpaired) electrons. The van der Waals surface area contributed by atoms with E-state index in [0.717, 1.165) is 24.1 Å². The molecular formula is C18H15F2NO. The molecule has 2 nitrogen and oxygen atoms in total. The van der Waals surface area contributed by atoms with Gasteiger partial charge in [-0.1, -0.05) is 36.4 Å². The molecule has 1 amide bonds. The fourth-order valence-corrected chi connectivity index (χ4v) is 2.60. The molecule has 3 rings (SSSR count). The Bertz CT molecular complexity index is 725. The van der Waals surface area contributed by atoms with Crippen LogP contribution in [-0.2, 0) is 0 Å². The molecule has 0 saturated carbocycles. The van der Waals surface area contributed by atoms with Crippen LogP contribution < -0.4 is 0 Å². The molecule has 1 heterocycles. The summed E-state index contributed by atoms with van der Waals surface area (Å²) in [5, 5.41) is 0. The highest BCUT2D eigenvalue weighted by Crippen LogP contribution is 2.23. The second-order valence-corrected chi connectivity index (χ2v) is 5.22. The van der Waals surface area contributed by atoms with Crippen molar-refractivity contribution in [1.82, 2.24) is 4.90 Å². The first kappa shape index (κ1) is 14.4. The average molecular weight is 299 g/mol. The molecule has 22 heavy (non-hydrogen) atoms. The van der Waals surface area contributed by atoms with Gasteiger partial charge in [0.2, 0.25) is 0 Å². The van der Waals surface area contributed by atoms with Gasteiger partial charge in [-0.3, -0.25) is 4.79 Å². The lowest BCUT2D eigenvalue weighted by atomic mass is 9.99. The smallest absolute Gasteiger partial charge is 0.257 e. The van der Waals surface area contributed by atoms with Crippen LogP contribution >= 0.6 is 0 Å². The van der Waals surface area contributed by atoms with Gasteiger partial charge in [-0.2, -0.15) is 0 Å². The first-order valence-corrected chi connectivity index (χ1v) is 7.14. The van der Waals surface area contributed by atoms with Gasteiger partial charge in [0.1, 0.15) is 11.6 Å². The third kappa shape index (κ3) is 2.91. The van der Waals surface area contributed by atoms with Gasteiger partial charge in [-0.25, -0.2) is 8.78 Å². The highest BCUT2D eigenvalue weighted by atomic mass is 19.1. The monoisotopic (exact) mass is 299 g/mol. The number of benzene rings is 2. The maximum atomic E-state index is 13.7. The number of hydrogen-bond donors (Lipinski definition) is 0. The van der Waals surface area contributed by atoms with E-state index in [9.17, 15) is 13.6 Å². The fraction of sp³-hybridized carbons (Fsp3) is 0.167. The number of nitrogens with zero attached hydrogens (tertiary/aromatic N) is 1. The van der Waals surface area contributed by atoms with Crippen LogP contribution in [0.15, 0.2) is 54.6 Å². The zero-order valence-corrected chi connectivity index (χ0v) is 11.9. The highest BCUT2D eigenvalue weighted by molar-refractivity contribution is 5.95. The SMILES string of the molecule is O=C(c1ccc(F)cc1F)N1CC=C(c2ccccc2)CC1. The van der Waals surface area contributed by atoms with Gasteiger partial charge in [0.25, 0.3) is 5.91 Å². The summed E-state index contributed by atoms with van der Waals surface area (Å²) in [5.41, 5.74) is 2.24. The normalized spacial score (nSPS) is 14.6. The molecule has 0 spiro atoms. The Hall–Kier alpha value is -2.49. The Morgan fingerprint density at radius 3 is 2.45 bits per heavy atom. The van der Waals surface area contributed by atoms with Gasteiger partial charge in [-0.05, 0) is 29.7 Å². The van der Waals surface area contributed by atoms with Crippen LogP contribution in [0.4, 0.5) is 8.78 Å². The maximum Gasteiger partial charge on any atom is 0.257 e. The van der Waals surface area contributed by atoms with Gasteiger partial charge >= 0.3 is 0 Å². The third-order valence-electron chi connectivity index (χ3n) is 3.80. The standard InChI is InChI=1S/C18H15F2NO/c19-15-6-7-16(17(20)12-15)18(22)21-10-8-14(9-11-21)13-4-2-1-3-5-13/h1-8,12H,9-11H2. The van der Waals surface area contributed by atoms with Gasteiger partial charge < -0.3 is 4.90 Å². The topological polar surface area (TPSA) is 20.3 Å². The van der Waals surface area contributed by atoms with Crippen molar-refractivity contribution in [2.45, 2.75) is 6.42 Å². The van der Waals surface area contributed by atoms with E-state index in [1.54, 1.807) is 4.90 Å². The lowest BCUT2D eigenvalue weighted by molar-refractivity contribution is 0.0768. The summed E-state index contributed by atoms with van der Waals surface area (Å²) in [6.45, 7) is 0.955. The van der Waals surface area contributed by atoms with Gasteiger partial charge in [-0.15, -0.1) is 0 Å². The summed E-state index contributed by atoms with van der Waals surface area (Å²) in [6, 6.07) is 13.0. The van der Waals surface area contributed by atoms with Crippen molar-refractivity contribution < 1.29 is 13.6 Å². The molecule has 4 heteroatoms. The van der Waals surface area contributed by atoms with Gasteiger partial charge in [0, 0.05) is 19.2 Å². The molecule has 0 aromatic heterocycles. The van der Waals surface area contributed by atoms with E-state index in [4.69, 9.17) is 0 Å². The second kappa shape index (κ2) is 6.10. The zero-order chi connectivity index (χ0) is 15.5. The van der Waals surface area contributed by atoms with Crippen molar-refractivity contribution in [3.05, 3.63) is 77.4 Å². The summed E-state index contributed by atoms with van der Waals surface area (Å²) < 4.78 is 26.6. The molecule has 0 atom stereocenters. The summed E-state index contributed by atoms with van der Waals surface area (Å²) in [6.07, 6.45) is 2.71. The van der Waals surface area contributed by atoms with Crippen LogP contribution in [0, 0.1) is 11.6 Å². The maximum absolute atomic E-state index is 13.7. The summed E-state index contributed by atoms with van der Waals surface area (Å²) in [4.78, 5) is 13.9. The van der Waals surface area contributed by atoms with E-state index in [-0.39, 0.29) is 5.56 Å². The average Bonchev–Trinajstić information content (AvgIpc) is 2.55. The number of hydrogen-bond acceptors (Lipinski definition) is 1. The number of halogens is 2. The molecule has 0 saturated heterocycles. The van der Waals surface area contributed by atoms with Crippen molar-refractivity contribution in [2.75, 3.05) is 13.1 Å². The van der Waals surface area contributed by atoms with Crippen molar-refractivity contribution >= 4 is 11.5 Å². The van der Waals surface area contributed by atoms with E-state index in [0.29, 0.717) is 13.1 Å². The molecule has 2 aromatic carbocycles. The predicted octanol–water partition coefficient (Wildman–Crippen LogP) is 3.89. The largest absolute Gasteiger partial charge is 0.334 e. The Balaban J connectivity index is 1.76. The number of amides is 1. The minimum Gasteiger partial charge on any atom is -0.334 e. The minimum absolute atomic E-state index is 0.0852. The van der Waals surface area contributed by atoms with Gasteiger partial charge in [0.15, 0.2) is 0 Å². The van der Waals surface area contributed by atoms with Crippen LogP contribution in [0.1, 0.15) is 22.3 Å². The number of carbonyl (C=O) groups is 1. The molecule has 1 aliphatic rings. The van der Waals surface area contributed by atoms with Crippen molar-refractivity contribution in [3.63, 3.8) is 0 Å². The minimum atomic E-state index is -0.817. The number of rotatable bonds is 2. The highest BCUT2D eigenvalue weighted by Gasteiger charge is 2.21. The number of carbonyl (C=O) groups excluding carboxylic acids is 1. The quantitative estimate of drug-likeness (QED) is 0.823. The summed E-state index contributed by atoms with van der Waals surface area (Å²) >= 11 is 0. The van der Waals surface area contributed by atoms with Crippen LogP contribution in [0.25, 0.3) is 5.57 Å². The Kier molecular flexibility index (Phi) is 4.00. The van der Waals surface area contributed by atoms with Crippen LogP contribution in [0.2, 0.25) is 0 Å². The molecule has 112 valence electrons. The molecule has 0 aliphatic carbocycles. The third-order valence-corrected chi connectivity index (χ3v) is 3.80. The van der Waals surface area contributed by atoms with E-state index >= 15 is 0 Å². The van der Waals surface area contributed by atoms with E-state index < -0.39 is 17.5 Å². The van der Waals surface area contributed by atoms with Crippen molar-refractivity contribution in [1.29, 1.82) is 0 Å². The van der Waals surface area contributed by atoms with Crippen LogP contribution in [0.5, 0.6) is 0 Å². The second-order valence-electron chi connectivity index (χ2n) is 5.22. The van der Waals surface area contributed by atoms with Crippen molar-refractivity contribution in [3.8, 4) is 0 Å². The van der Waals surface area contributed by atoms with Crippen molar-refractivity contribution in [2.24, 2.45) is 0 Å². The Morgan fingerprint density at radius 2 is 1.82 bits per heavy atom. The van der Waals surface area contributed by atoms with Crippen LogP contribution in [0.3, 0.4) is 0 Å². The Labute approximate surface area is 127 Å². The first-order valence-electron chi connectivity index (χ1n) is 7.14. The fourth-order valence-electron chi connectivity index (χ4n) is 2.60. The molecule has 0 N–H and O–H groups in total. The molecule has 0 fully saturated rings. The molecule has 0 unspecified atom stereocenters.